The number of aromatic amines is 6. The predicted octanol–water partition coefficient (Wildman–Crippen LogP) is 1.40. The van der Waals surface area contributed by atoms with E-state index in [1.54, 1.807) is 75.4 Å². The van der Waals surface area contributed by atoms with Gasteiger partial charge in [-0.3, -0.25) is 67.1 Å². The highest BCUT2D eigenvalue weighted by molar-refractivity contribution is 6.01. The lowest BCUT2D eigenvalue weighted by molar-refractivity contribution is -0.143. The third-order valence-corrected chi connectivity index (χ3v) is 21.4. The van der Waals surface area contributed by atoms with E-state index in [9.17, 15) is 48.3 Å². The van der Waals surface area contributed by atoms with Crippen molar-refractivity contribution in [2.24, 2.45) is 59.0 Å². The van der Waals surface area contributed by atoms with Crippen molar-refractivity contribution in [3.63, 3.8) is 0 Å². The first kappa shape index (κ1) is 109. The number of carbonyl (C=O) groups is 15. The number of imidazole rings is 6. The monoisotopic (exact) mass is 1860 g/mol. The van der Waals surface area contributed by atoms with E-state index in [4.69, 9.17) is 5.73 Å². The highest BCUT2D eigenvalue weighted by Gasteiger charge is 2.41. The number of rotatable bonds is 59. The van der Waals surface area contributed by atoms with Crippen LogP contribution in [0.1, 0.15) is 217 Å². The second kappa shape index (κ2) is 54.3. The fraction of sp³-hybridized carbons (Fsp3) is 0.633. The fourth-order valence-electron chi connectivity index (χ4n) is 15.0. The molecule has 6 aromatic heterocycles. The molecular weight excluding hydrogens is 1720 g/mol. The summed E-state index contributed by atoms with van der Waals surface area (Å²) in [7, 11) is 0. The van der Waals surface area contributed by atoms with E-state index in [1.807, 2.05) is 55.4 Å². The minimum atomic E-state index is -1.54. The quantitative estimate of drug-likeness (QED) is 0.0256. The Balaban J connectivity index is 1.23. The molecule has 15 atom stereocenters. The maximum Gasteiger partial charge on any atom is 0.326 e. The van der Waals surface area contributed by atoms with Gasteiger partial charge in [-0.2, -0.15) is 0 Å². The van der Waals surface area contributed by atoms with Crippen LogP contribution in [0, 0.1) is 53.3 Å². The second-order valence-corrected chi connectivity index (χ2v) is 38.1. The van der Waals surface area contributed by atoms with Crippen LogP contribution in [0.4, 0.5) is 0 Å². The van der Waals surface area contributed by atoms with Crippen molar-refractivity contribution in [2.75, 3.05) is 0 Å². The van der Waals surface area contributed by atoms with Crippen LogP contribution in [0.3, 0.4) is 0 Å². The van der Waals surface area contributed by atoms with Gasteiger partial charge in [-0.1, -0.05) is 125 Å². The van der Waals surface area contributed by atoms with Crippen LogP contribution in [0.5, 0.6) is 0 Å². The maximum absolute atomic E-state index is 15.2. The first-order valence-electron chi connectivity index (χ1n) is 45.9. The molecule has 43 heteroatoms. The van der Waals surface area contributed by atoms with Crippen molar-refractivity contribution in [1.82, 2.24) is 134 Å². The first-order chi connectivity index (χ1) is 62.8. The maximum atomic E-state index is 15.2. The number of hydrogen-bond donors (Lipinski definition) is 22. The number of nitrogens with one attached hydrogen (secondary N) is 20. The standard InChI is InChI=1S/C90H143N27O16/c1-46(2)19-61(91)76(118)104-69(28-55-34-92-40-98-55)84(126)108-62(20-47(3)4)77(119)105-66(24-51(11)12)81(123)113-73(32-59-38-96-44-102-59)88(130)115-72(31-58-37-95-43-101-58)87(129)110-64(22-49(7)8)79(121)107-67(25-52(13)14)82(124)114-74(33-60-39-97-45-103-60)89(131)116-71(30-57-36-94-42-100-57)86(128)109-63(21-48(5)6)78(120)106-65(23-50(9)10)80(122)112-70(29-56-35-93-41-99-56)85(127)111-68(26-53(15)16)83(125)117-75(90(132)133)27-54(17)18/h34-54,61-75H,19-33,91H2,1-18H3,(H,92,98)(H,93,99)(H,94,100)(H,95,101)(H,96,102)(H,97,103)(H,104,118)(H,105,119)(H,106,120)(H,107,121)(H,108,126)(H,109,128)(H,110,129)(H,111,127)(H,112,122)(H,113,123)(H,114,124)(H,115,130)(H,116,131)(H,117,125)(H,132,133)/t61-,62+,63-,64-,65-,66-,67+,68-,69-,70+,71-,72+,73-,74+,75-/m0/s1. The minimum Gasteiger partial charge on any atom is -0.480 e. The van der Waals surface area contributed by atoms with E-state index >= 15 is 28.8 Å². The van der Waals surface area contributed by atoms with Gasteiger partial charge in [0.25, 0.3) is 0 Å². The first-order valence-corrected chi connectivity index (χ1v) is 45.9. The van der Waals surface area contributed by atoms with E-state index in [0.29, 0.717) is 29.2 Å². The van der Waals surface area contributed by atoms with E-state index in [1.165, 1.54) is 68.9 Å². The number of carboxylic acids is 1. The zero-order valence-electron chi connectivity index (χ0n) is 79.7. The Kier molecular flexibility index (Phi) is 44.5. The van der Waals surface area contributed by atoms with Crippen molar-refractivity contribution in [3.8, 4) is 0 Å². The Morgan fingerprint density at radius 3 is 0.481 bits per heavy atom. The van der Waals surface area contributed by atoms with Gasteiger partial charge < -0.3 is 115 Å². The Morgan fingerprint density at radius 2 is 0.346 bits per heavy atom. The van der Waals surface area contributed by atoms with Crippen LogP contribution in [0.25, 0.3) is 0 Å². The minimum absolute atomic E-state index is 0.00557. The molecule has 23 N–H and O–H groups in total. The van der Waals surface area contributed by atoms with Gasteiger partial charge in [-0.15, -0.1) is 0 Å². The van der Waals surface area contributed by atoms with Crippen molar-refractivity contribution in [3.05, 3.63) is 109 Å². The van der Waals surface area contributed by atoms with Crippen LogP contribution in [-0.2, 0) is 110 Å². The number of aliphatic carboxylic acids is 1. The Labute approximate surface area is 776 Å². The molecule has 6 heterocycles. The Bertz CT molecular complexity index is 4620. The van der Waals surface area contributed by atoms with E-state index in [0.717, 1.165) is 0 Å². The van der Waals surface area contributed by atoms with Crippen molar-refractivity contribution >= 4 is 88.7 Å². The van der Waals surface area contributed by atoms with E-state index in [-0.39, 0.29) is 155 Å². The lowest BCUT2D eigenvalue weighted by Gasteiger charge is -2.29. The normalized spacial score (nSPS) is 15.1. The summed E-state index contributed by atoms with van der Waals surface area (Å²) in [4.78, 5) is 261. The molecule has 0 aliphatic heterocycles. The Morgan fingerprint density at radius 1 is 0.218 bits per heavy atom. The molecule has 14 amide bonds. The summed E-state index contributed by atoms with van der Waals surface area (Å²) in [6, 6.07) is -20.3. The van der Waals surface area contributed by atoms with Gasteiger partial charge in [-0.25, -0.2) is 34.7 Å². The summed E-state index contributed by atoms with van der Waals surface area (Å²) in [5.41, 5.74) is 8.21. The van der Waals surface area contributed by atoms with Gasteiger partial charge in [0, 0.05) is 75.7 Å². The van der Waals surface area contributed by atoms with Gasteiger partial charge in [0.1, 0.15) is 84.6 Å². The molecule has 0 aliphatic rings. The van der Waals surface area contributed by atoms with Crippen LogP contribution < -0.4 is 80.2 Å². The number of H-pyrrole nitrogens is 6. The van der Waals surface area contributed by atoms with Gasteiger partial charge in [-0.05, 0) is 111 Å². The zero-order chi connectivity index (χ0) is 98.5. The molecule has 133 heavy (non-hydrogen) atoms. The molecule has 6 aromatic rings. The summed E-state index contributed by atoms with van der Waals surface area (Å²) in [6.45, 7) is 32.7. The number of carboxylic acid groups (broad SMARTS) is 1. The second-order valence-electron chi connectivity index (χ2n) is 38.1. The van der Waals surface area contributed by atoms with Crippen LogP contribution in [0.2, 0.25) is 0 Å². The average Bonchev–Trinajstić information content (AvgIpc) is 1.84. The molecule has 0 fully saturated rings. The zero-order valence-corrected chi connectivity index (χ0v) is 79.7. The molecule has 0 aromatic carbocycles. The van der Waals surface area contributed by atoms with Crippen molar-refractivity contribution in [1.29, 1.82) is 0 Å². The summed E-state index contributed by atoms with van der Waals surface area (Å²) in [6.07, 6.45) is 16.6. The molecule has 0 saturated heterocycles. The molecule has 734 valence electrons. The molecule has 0 saturated carbocycles. The molecule has 0 bridgehead atoms. The number of carbonyl (C=O) groups excluding carboxylic acids is 14. The predicted molar refractivity (Wildman–Crippen MR) is 491 cm³/mol. The topological polar surface area (TPSA) is 643 Å². The lowest BCUT2D eigenvalue weighted by atomic mass is 9.98. The number of nitrogens with zero attached hydrogens (tertiary/aromatic N) is 6. The number of amides is 14. The molecule has 0 radical (unpaired) electrons. The molecule has 43 nitrogen and oxygen atoms in total. The number of nitrogens with two attached hydrogens (primary N) is 1. The highest BCUT2D eigenvalue weighted by Crippen LogP contribution is 2.19. The third-order valence-electron chi connectivity index (χ3n) is 21.4. The largest absolute Gasteiger partial charge is 0.480 e. The third kappa shape index (κ3) is 38.9. The average molecular weight is 1860 g/mol. The summed E-state index contributed by atoms with van der Waals surface area (Å²) in [5.74, 6) is -14.3. The van der Waals surface area contributed by atoms with E-state index < -0.39 is 179 Å². The number of aromatic nitrogens is 12. The van der Waals surface area contributed by atoms with Crippen LogP contribution >= 0.6 is 0 Å². The summed E-state index contributed by atoms with van der Waals surface area (Å²) in [5, 5.41) is 48.7. The van der Waals surface area contributed by atoms with E-state index in [2.05, 4.69) is 134 Å². The molecule has 6 rings (SSSR count). The number of hydrogen-bond acceptors (Lipinski definition) is 22. The molecule has 0 spiro atoms. The molecule has 0 unspecified atom stereocenters. The van der Waals surface area contributed by atoms with Crippen LogP contribution in [-0.4, -0.2) is 244 Å². The SMILES string of the molecule is CC(C)C[C@H](NC(=O)[C@H](CC(C)C)NC(=O)[C@@H](Cc1c[nH]cn1)NC(=O)[C@H](CC(C)C)NC(=O)[C@H](CC(C)C)NC(=O)[C@H](Cc1c[nH]cn1)NC(=O)[C@@H](Cc1c[nH]cn1)NC(=O)[C@@H](CC(C)C)NC(=O)[C@H](CC(C)C)NC(=O)[C@@H](Cc1c[nH]cn1)NC(=O)[C@H](Cc1c[nH]cn1)NC(=O)[C@H](CC(C)C)NC(=O)[C@@H](CC(C)C)NC(=O)[C@H](Cc1c[nH]cn1)NC(=O)[C@@H](N)CC(C)C)C(=O)O. The summed E-state index contributed by atoms with van der Waals surface area (Å²) < 4.78 is 0. The van der Waals surface area contributed by atoms with Gasteiger partial charge in [0.15, 0.2) is 0 Å². The van der Waals surface area contributed by atoms with Gasteiger partial charge >= 0.3 is 5.97 Å². The molecular formula is C90H143N27O16. The van der Waals surface area contributed by atoms with Gasteiger partial charge in [0.05, 0.1) is 78.2 Å². The molecule has 0 aliphatic carbocycles. The van der Waals surface area contributed by atoms with Crippen molar-refractivity contribution < 1.29 is 77.0 Å². The summed E-state index contributed by atoms with van der Waals surface area (Å²) >= 11 is 0. The van der Waals surface area contributed by atoms with Crippen molar-refractivity contribution in [2.45, 2.75) is 312 Å². The van der Waals surface area contributed by atoms with Crippen LogP contribution in [0.15, 0.2) is 75.1 Å². The highest BCUT2D eigenvalue weighted by atomic mass is 16.4. The fourth-order valence-corrected chi connectivity index (χ4v) is 15.0. The lowest BCUT2D eigenvalue weighted by Crippen LogP contribution is -2.62. The van der Waals surface area contributed by atoms with Gasteiger partial charge in [0.2, 0.25) is 82.7 Å². The Hall–Kier alpha value is -12.7. The smallest absolute Gasteiger partial charge is 0.326 e.